The summed E-state index contributed by atoms with van der Waals surface area (Å²) in [6.07, 6.45) is 1.38. The number of benzene rings is 2. The van der Waals surface area contributed by atoms with Crippen molar-refractivity contribution in [1.82, 2.24) is 19.4 Å². The zero-order valence-electron chi connectivity index (χ0n) is 15.2. The molecule has 0 aliphatic heterocycles. The monoisotopic (exact) mass is 393 g/mol. The van der Waals surface area contributed by atoms with E-state index in [2.05, 4.69) is 15.2 Å². The van der Waals surface area contributed by atoms with E-state index in [1.165, 1.54) is 10.9 Å². The van der Waals surface area contributed by atoms with Crippen LogP contribution in [0.25, 0.3) is 16.6 Å². The van der Waals surface area contributed by atoms with Crippen LogP contribution in [0.4, 0.5) is 0 Å². The van der Waals surface area contributed by atoms with E-state index in [1.54, 1.807) is 32.0 Å². The third-order valence-electron chi connectivity index (χ3n) is 4.40. The lowest BCUT2D eigenvalue weighted by atomic mass is 10.2. The number of hydrogen-bond donors (Lipinski definition) is 1. The summed E-state index contributed by atoms with van der Waals surface area (Å²) in [6, 6.07) is 14.1. The predicted molar refractivity (Wildman–Crippen MR) is 110 cm³/mol. The van der Waals surface area contributed by atoms with Gasteiger partial charge in [-0.3, -0.25) is 14.7 Å². The van der Waals surface area contributed by atoms with E-state index in [1.807, 2.05) is 30.3 Å². The first-order valence-electron chi connectivity index (χ1n) is 8.56. The van der Waals surface area contributed by atoms with Crippen LogP contribution in [0, 0.1) is 13.8 Å². The molecule has 0 amide bonds. The lowest BCUT2D eigenvalue weighted by Crippen LogP contribution is -2.22. The van der Waals surface area contributed by atoms with E-state index in [0.29, 0.717) is 38.7 Å². The first-order chi connectivity index (χ1) is 13.5. The lowest BCUT2D eigenvalue weighted by molar-refractivity contribution is 0.770. The molecule has 0 spiro atoms. The van der Waals surface area contributed by atoms with E-state index in [4.69, 9.17) is 11.6 Å². The van der Waals surface area contributed by atoms with Crippen molar-refractivity contribution in [3.63, 3.8) is 0 Å². The van der Waals surface area contributed by atoms with Crippen LogP contribution in [0.15, 0.2) is 63.2 Å². The second-order valence-electron chi connectivity index (χ2n) is 6.31. The molecule has 28 heavy (non-hydrogen) atoms. The standard InChI is InChI=1S/C20H16ClN5O2/c1-12-17(20(28)26(24-12)15-6-4-3-5-7-15)11-22-25-13(2)23-18-9-8-14(21)10-16(18)19(25)27/h3-11,24H,1-2H3. The number of rotatable bonds is 3. The maximum atomic E-state index is 12.8. The molecule has 0 saturated heterocycles. The summed E-state index contributed by atoms with van der Waals surface area (Å²) < 4.78 is 2.60. The molecule has 2 heterocycles. The first kappa shape index (κ1) is 17.9. The van der Waals surface area contributed by atoms with Gasteiger partial charge in [0.25, 0.3) is 11.1 Å². The molecule has 0 saturated carbocycles. The number of fused-ring (bicyclic) bond motifs is 1. The van der Waals surface area contributed by atoms with Crippen molar-refractivity contribution >= 4 is 28.7 Å². The number of H-pyrrole nitrogens is 1. The Morgan fingerprint density at radius 1 is 1.07 bits per heavy atom. The summed E-state index contributed by atoms with van der Waals surface area (Å²) in [5.74, 6) is 0.410. The van der Waals surface area contributed by atoms with Crippen molar-refractivity contribution in [3.05, 3.63) is 91.3 Å². The second-order valence-corrected chi connectivity index (χ2v) is 6.75. The molecular formula is C20H16ClN5O2. The van der Waals surface area contributed by atoms with E-state index in [9.17, 15) is 9.59 Å². The van der Waals surface area contributed by atoms with Gasteiger partial charge >= 0.3 is 0 Å². The Morgan fingerprint density at radius 2 is 1.82 bits per heavy atom. The zero-order chi connectivity index (χ0) is 19.8. The van der Waals surface area contributed by atoms with Crippen molar-refractivity contribution < 1.29 is 0 Å². The maximum Gasteiger partial charge on any atom is 0.282 e. The third kappa shape index (κ3) is 3.05. The topological polar surface area (TPSA) is 85.0 Å². The van der Waals surface area contributed by atoms with Crippen LogP contribution in [0.5, 0.6) is 0 Å². The Hall–Kier alpha value is -3.45. The Morgan fingerprint density at radius 3 is 2.57 bits per heavy atom. The summed E-state index contributed by atoms with van der Waals surface area (Å²) in [5.41, 5.74) is 1.66. The number of nitrogens with one attached hydrogen (secondary N) is 1. The van der Waals surface area contributed by atoms with E-state index >= 15 is 0 Å². The fourth-order valence-corrected chi connectivity index (χ4v) is 3.15. The first-order valence-corrected chi connectivity index (χ1v) is 8.94. The summed E-state index contributed by atoms with van der Waals surface area (Å²) in [7, 11) is 0. The average molecular weight is 394 g/mol. The molecular weight excluding hydrogens is 378 g/mol. The fraction of sp³-hybridized carbons (Fsp3) is 0.100. The quantitative estimate of drug-likeness (QED) is 0.543. The number of para-hydroxylation sites is 1. The summed E-state index contributed by atoms with van der Waals surface area (Å²) >= 11 is 6.00. The summed E-state index contributed by atoms with van der Waals surface area (Å²) in [5, 5.41) is 8.05. The van der Waals surface area contributed by atoms with Crippen LogP contribution in [0.1, 0.15) is 17.1 Å². The lowest BCUT2D eigenvalue weighted by Gasteiger charge is -2.05. The highest BCUT2D eigenvalue weighted by Crippen LogP contribution is 2.15. The van der Waals surface area contributed by atoms with Crippen molar-refractivity contribution in [1.29, 1.82) is 0 Å². The highest BCUT2D eigenvalue weighted by Gasteiger charge is 2.12. The summed E-state index contributed by atoms with van der Waals surface area (Å²) in [4.78, 5) is 29.9. The van der Waals surface area contributed by atoms with E-state index < -0.39 is 0 Å². The molecule has 0 unspecified atom stereocenters. The molecule has 0 radical (unpaired) electrons. The molecule has 0 atom stereocenters. The minimum Gasteiger partial charge on any atom is -0.295 e. The van der Waals surface area contributed by atoms with Gasteiger partial charge in [-0.25, -0.2) is 9.67 Å². The molecule has 7 nitrogen and oxygen atoms in total. The number of nitrogens with zero attached hydrogens (tertiary/aromatic N) is 4. The third-order valence-corrected chi connectivity index (χ3v) is 4.64. The van der Waals surface area contributed by atoms with Crippen molar-refractivity contribution in [3.8, 4) is 5.69 Å². The molecule has 0 bridgehead atoms. The molecule has 0 aliphatic rings. The second kappa shape index (κ2) is 6.94. The van der Waals surface area contributed by atoms with Crippen LogP contribution in [-0.4, -0.2) is 25.7 Å². The van der Waals surface area contributed by atoms with Gasteiger partial charge < -0.3 is 0 Å². The largest absolute Gasteiger partial charge is 0.295 e. The minimum absolute atomic E-state index is 0.255. The zero-order valence-corrected chi connectivity index (χ0v) is 15.9. The van der Waals surface area contributed by atoms with E-state index in [-0.39, 0.29) is 11.1 Å². The van der Waals surface area contributed by atoms with Gasteiger partial charge in [-0.1, -0.05) is 29.8 Å². The minimum atomic E-state index is -0.349. The van der Waals surface area contributed by atoms with Crippen molar-refractivity contribution in [2.24, 2.45) is 5.10 Å². The fourth-order valence-electron chi connectivity index (χ4n) is 2.98. The number of aromatic amines is 1. The predicted octanol–water partition coefficient (Wildman–Crippen LogP) is 3.03. The number of halogens is 1. The average Bonchev–Trinajstić information content (AvgIpc) is 2.97. The highest BCUT2D eigenvalue weighted by molar-refractivity contribution is 6.31. The van der Waals surface area contributed by atoms with Crippen LogP contribution in [0.2, 0.25) is 5.02 Å². The SMILES string of the molecule is Cc1[nH]n(-c2ccccc2)c(=O)c1C=Nn1c(C)nc2ccc(Cl)cc2c1=O. The number of hydrogen-bond acceptors (Lipinski definition) is 4. The number of aromatic nitrogens is 4. The van der Waals surface area contributed by atoms with Crippen molar-refractivity contribution in [2.45, 2.75) is 13.8 Å². The molecule has 8 heteroatoms. The van der Waals surface area contributed by atoms with Gasteiger partial charge in [0, 0.05) is 10.7 Å². The van der Waals surface area contributed by atoms with Crippen LogP contribution in [-0.2, 0) is 0 Å². The molecule has 2 aromatic carbocycles. The number of aryl methyl sites for hydroxylation is 2. The molecule has 0 fully saturated rings. The molecule has 4 rings (SSSR count). The Kier molecular flexibility index (Phi) is 4.44. The molecule has 2 aromatic heterocycles. The van der Waals surface area contributed by atoms with E-state index in [0.717, 1.165) is 4.68 Å². The molecule has 0 aliphatic carbocycles. The maximum absolute atomic E-state index is 12.8. The normalized spacial score (nSPS) is 11.5. The molecule has 140 valence electrons. The Balaban J connectivity index is 1.82. The Bertz CT molecular complexity index is 1330. The van der Waals surface area contributed by atoms with Gasteiger partial charge in [0.05, 0.1) is 28.4 Å². The van der Waals surface area contributed by atoms with Gasteiger partial charge in [-0.15, -0.1) is 0 Å². The van der Waals surface area contributed by atoms with Crippen LogP contribution < -0.4 is 11.1 Å². The smallest absolute Gasteiger partial charge is 0.282 e. The molecule has 1 N–H and O–H groups in total. The van der Waals surface area contributed by atoms with Gasteiger partial charge in [0.15, 0.2) is 0 Å². The summed E-state index contributed by atoms with van der Waals surface area (Å²) in [6.45, 7) is 3.45. The van der Waals surface area contributed by atoms with Crippen LogP contribution in [0.3, 0.4) is 0 Å². The molecule has 4 aromatic rings. The van der Waals surface area contributed by atoms with Crippen molar-refractivity contribution in [2.75, 3.05) is 0 Å². The Labute approximate surface area is 164 Å². The van der Waals surface area contributed by atoms with Crippen LogP contribution >= 0.6 is 11.6 Å². The van der Waals surface area contributed by atoms with Gasteiger partial charge in [0.1, 0.15) is 5.82 Å². The van der Waals surface area contributed by atoms with Gasteiger partial charge in [-0.05, 0) is 44.2 Å². The highest BCUT2D eigenvalue weighted by atomic mass is 35.5. The van der Waals surface area contributed by atoms with Gasteiger partial charge in [-0.2, -0.15) is 9.78 Å². The van der Waals surface area contributed by atoms with Gasteiger partial charge in [0.2, 0.25) is 0 Å².